The molecule has 198 valence electrons. The molecule has 1 aromatic heterocycles. The molecule has 0 amide bonds. The Kier molecular flexibility index (Phi) is 7.60. The molecule has 2 aromatic carbocycles. The van der Waals surface area contributed by atoms with Crippen LogP contribution in [0.5, 0.6) is 5.88 Å². The Balaban J connectivity index is 1.55. The zero-order valence-electron chi connectivity index (χ0n) is 22.6. The molecule has 0 aliphatic carbocycles. The van der Waals surface area contributed by atoms with Crippen molar-refractivity contribution in [3.63, 3.8) is 0 Å². The van der Waals surface area contributed by atoms with Gasteiger partial charge in [0.1, 0.15) is 11.6 Å². The minimum Gasteiger partial charge on any atom is -0.463 e. The van der Waals surface area contributed by atoms with Crippen molar-refractivity contribution in [2.75, 3.05) is 56.7 Å². The Bertz CT molecular complexity index is 1300. The first kappa shape index (κ1) is 25.7. The van der Waals surface area contributed by atoms with Gasteiger partial charge in [-0.3, -0.25) is 4.90 Å². The smallest absolute Gasteiger partial charge is 0.338 e. The number of anilines is 2. The first-order chi connectivity index (χ1) is 18.5. The van der Waals surface area contributed by atoms with Gasteiger partial charge in [0.25, 0.3) is 0 Å². The van der Waals surface area contributed by atoms with Crippen LogP contribution in [-0.4, -0.2) is 67.7 Å². The lowest BCUT2D eigenvalue weighted by Gasteiger charge is -2.38. The lowest BCUT2D eigenvalue weighted by atomic mass is 9.83. The molecule has 3 aromatic rings. The van der Waals surface area contributed by atoms with Gasteiger partial charge in [0.2, 0.25) is 11.8 Å². The number of rotatable bonds is 7. The predicted octanol–water partition coefficient (Wildman–Crippen LogP) is 4.23. The highest BCUT2D eigenvalue weighted by Gasteiger charge is 2.40. The molecule has 0 radical (unpaired) electrons. The molecule has 8 heteroatoms. The third-order valence-electron chi connectivity index (χ3n) is 7.03. The fourth-order valence-corrected chi connectivity index (χ4v) is 5.15. The van der Waals surface area contributed by atoms with Crippen molar-refractivity contribution in [3.8, 4) is 5.88 Å². The highest BCUT2D eigenvalue weighted by Crippen LogP contribution is 2.47. The zero-order chi connectivity index (χ0) is 26.6. The van der Waals surface area contributed by atoms with Crippen LogP contribution in [0.4, 0.5) is 11.8 Å². The summed E-state index contributed by atoms with van der Waals surface area (Å²) in [5.41, 5.74) is 3.60. The molecule has 2 aliphatic rings. The maximum Gasteiger partial charge on any atom is 0.338 e. The summed E-state index contributed by atoms with van der Waals surface area (Å²) in [4.78, 5) is 29.7. The number of nitrogens with zero attached hydrogens (tertiary/aromatic N) is 5. The Morgan fingerprint density at radius 1 is 1.00 bits per heavy atom. The van der Waals surface area contributed by atoms with E-state index >= 15 is 0 Å². The number of esters is 1. The summed E-state index contributed by atoms with van der Waals surface area (Å²) in [5, 5.41) is 0. The van der Waals surface area contributed by atoms with Crippen molar-refractivity contribution in [3.05, 3.63) is 88.7 Å². The van der Waals surface area contributed by atoms with E-state index in [1.165, 1.54) is 5.56 Å². The van der Waals surface area contributed by atoms with Gasteiger partial charge in [-0.25, -0.2) is 4.79 Å². The standard InChI is InChI=1S/C30H35N5O3/c1-5-37-29(36)24-21(2)38-28-26(25(24)23-14-10-7-11-15-23)27(31-30(32-28)33(3)4)35-18-16-34(17-19-35)20-22-12-8-6-9-13-22/h6-15,25H,5,16-20H2,1-4H3. The Labute approximate surface area is 224 Å². The van der Waals surface area contributed by atoms with Gasteiger partial charge < -0.3 is 19.3 Å². The quantitative estimate of drug-likeness (QED) is 0.435. The van der Waals surface area contributed by atoms with Crippen molar-refractivity contribution < 1.29 is 14.3 Å². The van der Waals surface area contributed by atoms with Crippen LogP contribution < -0.4 is 14.5 Å². The van der Waals surface area contributed by atoms with Crippen molar-refractivity contribution in [1.29, 1.82) is 0 Å². The Morgan fingerprint density at radius 3 is 2.29 bits per heavy atom. The van der Waals surface area contributed by atoms with Gasteiger partial charge in [0, 0.05) is 46.8 Å². The van der Waals surface area contributed by atoms with Gasteiger partial charge in [0.15, 0.2) is 0 Å². The number of piperazine rings is 1. The predicted molar refractivity (Wildman–Crippen MR) is 149 cm³/mol. The average Bonchev–Trinajstić information content (AvgIpc) is 2.93. The number of ether oxygens (including phenoxy) is 2. The van der Waals surface area contributed by atoms with Gasteiger partial charge in [-0.15, -0.1) is 0 Å². The number of aromatic nitrogens is 2. The van der Waals surface area contributed by atoms with E-state index in [0.717, 1.165) is 49.7 Å². The van der Waals surface area contributed by atoms with E-state index in [-0.39, 0.29) is 12.6 Å². The number of hydrogen-bond acceptors (Lipinski definition) is 8. The zero-order valence-corrected chi connectivity index (χ0v) is 22.6. The molecule has 0 bridgehead atoms. The van der Waals surface area contributed by atoms with Crippen LogP contribution in [0.1, 0.15) is 36.5 Å². The van der Waals surface area contributed by atoms with E-state index < -0.39 is 5.92 Å². The van der Waals surface area contributed by atoms with Crippen LogP contribution in [0.15, 0.2) is 72.0 Å². The molecule has 2 aliphatic heterocycles. The highest BCUT2D eigenvalue weighted by atomic mass is 16.5. The monoisotopic (exact) mass is 513 g/mol. The van der Waals surface area contributed by atoms with Crippen LogP contribution in [-0.2, 0) is 16.1 Å². The van der Waals surface area contributed by atoms with E-state index in [1.807, 2.05) is 69.2 Å². The van der Waals surface area contributed by atoms with Crippen molar-refractivity contribution in [2.24, 2.45) is 0 Å². The van der Waals surface area contributed by atoms with Gasteiger partial charge in [-0.2, -0.15) is 9.97 Å². The summed E-state index contributed by atoms with van der Waals surface area (Å²) in [6, 6.07) is 20.6. The first-order valence-electron chi connectivity index (χ1n) is 13.2. The third kappa shape index (κ3) is 5.22. The second-order valence-corrected chi connectivity index (χ2v) is 9.85. The molecule has 8 nitrogen and oxygen atoms in total. The molecule has 1 unspecified atom stereocenters. The molecule has 1 saturated heterocycles. The van der Waals surface area contributed by atoms with Gasteiger partial charge in [-0.1, -0.05) is 60.7 Å². The van der Waals surface area contributed by atoms with Crippen LogP contribution in [0.2, 0.25) is 0 Å². The molecule has 3 heterocycles. The summed E-state index contributed by atoms with van der Waals surface area (Å²) >= 11 is 0. The van der Waals surface area contributed by atoms with Gasteiger partial charge in [0.05, 0.1) is 23.7 Å². The molecule has 5 rings (SSSR count). The third-order valence-corrected chi connectivity index (χ3v) is 7.03. The van der Waals surface area contributed by atoms with E-state index in [2.05, 4.69) is 34.1 Å². The number of allylic oxidation sites excluding steroid dienone is 1. The second-order valence-electron chi connectivity index (χ2n) is 9.85. The normalized spacial score (nSPS) is 17.6. The summed E-state index contributed by atoms with van der Waals surface area (Å²) in [6.45, 7) is 8.26. The highest BCUT2D eigenvalue weighted by molar-refractivity contribution is 5.93. The maximum atomic E-state index is 13.3. The van der Waals surface area contributed by atoms with Crippen LogP contribution in [0.3, 0.4) is 0 Å². The SMILES string of the molecule is CCOC(=O)C1=C(C)Oc2nc(N(C)C)nc(N3CCN(Cc4ccccc4)CC3)c2C1c1ccccc1. The number of carbonyl (C=O) groups excluding carboxylic acids is 1. The van der Waals surface area contributed by atoms with Crippen molar-refractivity contribution in [1.82, 2.24) is 14.9 Å². The van der Waals surface area contributed by atoms with Crippen molar-refractivity contribution >= 4 is 17.7 Å². The van der Waals surface area contributed by atoms with E-state index in [0.29, 0.717) is 23.2 Å². The molecule has 1 atom stereocenters. The van der Waals surface area contributed by atoms with Crippen LogP contribution >= 0.6 is 0 Å². The van der Waals surface area contributed by atoms with Crippen molar-refractivity contribution in [2.45, 2.75) is 26.3 Å². The van der Waals surface area contributed by atoms with E-state index in [4.69, 9.17) is 19.4 Å². The first-order valence-corrected chi connectivity index (χ1v) is 13.2. The minimum absolute atomic E-state index is 0.288. The molecule has 38 heavy (non-hydrogen) atoms. The summed E-state index contributed by atoms with van der Waals surface area (Å²) in [7, 11) is 3.85. The van der Waals surface area contributed by atoms with Crippen LogP contribution in [0.25, 0.3) is 0 Å². The molecular formula is C30H35N5O3. The van der Waals surface area contributed by atoms with Gasteiger partial charge in [-0.05, 0) is 25.0 Å². The Morgan fingerprint density at radius 2 is 1.66 bits per heavy atom. The van der Waals surface area contributed by atoms with E-state index in [1.54, 1.807) is 0 Å². The van der Waals surface area contributed by atoms with Gasteiger partial charge >= 0.3 is 5.97 Å². The van der Waals surface area contributed by atoms with Crippen LogP contribution in [0, 0.1) is 0 Å². The minimum atomic E-state index is -0.396. The summed E-state index contributed by atoms with van der Waals surface area (Å²) in [6.07, 6.45) is 0. The fourth-order valence-electron chi connectivity index (χ4n) is 5.15. The number of benzene rings is 2. The molecular weight excluding hydrogens is 478 g/mol. The summed E-state index contributed by atoms with van der Waals surface area (Å²) in [5.74, 6) is 1.61. The number of hydrogen-bond donors (Lipinski definition) is 0. The molecule has 0 N–H and O–H groups in total. The number of fused-ring (bicyclic) bond motifs is 1. The molecule has 1 fully saturated rings. The lowest BCUT2D eigenvalue weighted by molar-refractivity contribution is -0.139. The largest absolute Gasteiger partial charge is 0.463 e. The fraction of sp³-hybridized carbons (Fsp3) is 0.367. The summed E-state index contributed by atoms with van der Waals surface area (Å²) < 4.78 is 11.7. The average molecular weight is 514 g/mol. The lowest BCUT2D eigenvalue weighted by Crippen LogP contribution is -2.47. The number of carbonyl (C=O) groups is 1. The molecule has 0 spiro atoms. The Hall–Kier alpha value is -3.91. The molecule has 0 saturated carbocycles. The van der Waals surface area contributed by atoms with E-state index in [9.17, 15) is 4.79 Å². The maximum absolute atomic E-state index is 13.3. The topological polar surface area (TPSA) is 71.0 Å². The second kappa shape index (κ2) is 11.2.